The fourth-order valence-corrected chi connectivity index (χ4v) is 10.3. The molecule has 0 aliphatic carbocycles. The van der Waals surface area contributed by atoms with Crippen LogP contribution in [0.3, 0.4) is 0 Å². The highest BCUT2D eigenvalue weighted by molar-refractivity contribution is 5.96. The van der Waals surface area contributed by atoms with Gasteiger partial charge in [-0.25, -0.2) is 0 Å². The van der Waals surface area contributed by atoms with Gasteiger partial charge < -0.3 is 14.2 Å². The molecule has 0 N–H and O–H groups in total. The van der Waals surface area contributed by atoms with Crippen LogP contribution in [0.1, 0.15) is 116 Å². The summed E-state index contributed by atoms with van der Waals surface area (Å²) in [5.41, 5.74) is 7.68. The van der Waals surface area contributed by atoms with Crippen molar-refractivity contribution in [2.75, 3.05) is 0 Å². The van der Waals surface area contributed by atoms with Gasteiger partial charge in [-0.05, 0) is 83.4 Å². The second kappa shape index (κ2) is 28.1. The predicted octanol–water partition coefficient (Wildman–Crippen LogP) is 23.2. The highest BCUT2D eigenvalue weighted by Gasteiger charge is 2.24. The van der Waals surface area contributed by atoms with E-state index >= 15 is 0 Å². The van der Waals surface area contributed by atoms with Crippen molar-refractivity contribution in [3.8, 4) is 34.5 Å². The van der Waals surface area contributed by atoms with Gasteiger partial charge in [0.25, 0.3) is 0 Å². The van der Waals surface area contributed by atoms with Crippen molar-refractivity contribution >= 4 is 64.6 Å². The zero-order valence-electron chi connectivity index (χ0n) is 48.1. The summed E-state index contributed by atoms with van der Waals surface area (Å²) in [5.74, 6) is 6.01. The van der Waals surface area contributed by atoms with Crippen LogP contribution in [0.15, 0.2) is 218 Å². The summed E-state index contributed by atoms with van der Waals surface area (Å²) in [6.45, 7) is 24.0. The van der Waals surface area contributed by atoms with E-state index in [9.17, 15) is 0 Å². The zero-order chi connectivity index (χ0) is 55.6. The maximum absolute atomic E-state index is 6.40. The normalized spacial score (nSPS) is 11.2. The summed E-state index contributed by atoms with van der Waals surface area (Å²) in [4.78, 5) is 0. The molecule has 0 fully saturated rings. The van der Waals surface area contributed by atoms with E-state index in [1.807, 2.05) is 83.1 Å². The maximum Gasteiger partial charge on any atom is 0.138 e. The Labute approximate surface area is 465 Å². The average Bonchev–Trinajstić information content (AvgIpc) is 3.59. The lowest BCUT2D eigenvalue weighted by Gasteiger charge is -2.23. The van der Waals surface area contributed by atoms with Crippen molar-refractivity contribution < 1.29 is 14.2 Å². The predicted molar refractivity (Wildman–Crippen MR) is 340 cm³/mol. The number of rotatable bonds is 0. The molecule has 0 unspecified atom stereocenters. The molecule has 12 aromatic carbocycles. The lowest BCUT2D eigenvalue weighted by Crippen LogP contribution is -2.04. The molecule has 15 rings (SSSR count). The van der Waals surface area contributed by atoms with Gasteiger partial charge in [-0.1, -0.05) is 283 Å². The van der Waals surface area contributed by atoms with E-state index in [-0.39, 0.29) is 0 Å². The van der Waals surface area contributed by atoms with Gasteiger partial charge in [0.2, 0.25) is 0 Å². The van der Waals surface area contributed by atoms with Gasteiger partial charge in [-0.2, -0.15) is 0 Å². The van der Waals surface area contributed by atoms with Gasteiger partial charge in [-0.15, -0.1) is 0 Å². The van der Waals surface area contributed by atoms with Crippen LogP contribution in [0.25, 0.3) is 64.6 Å². The first-order chi connectivity index (χ1) is 38.7. The first-order valence-electron chi connectivity index (χ1n) is 28.8. The number of fused-ring (bicyclic) bond motifs is 18. The molecule has 3 aliphatic rings. The molecule has 0 radical (unpaired) electrons. The van der Waals surface area contributed by atoms with E-state index in [0.29, 0.717) is 0 Å². The second-order valence-electron chi connectivity index (χ2n) is 17.5. The van der Waals surface area contributed by atoms with Crippen molar-refractivity contribution in [1.82, 2.24) is 0 Å². The van der Waals surface area contributed by atoms with E-state index in [4.69, 9.17) is 14.2 Å². The largest absolute Gasteiger partial charge is 0.457 e. The molecule has 3 heteroatoms. The van der Waals surface area contributed by atoms with Crippen molar-refractivity contribution in [2.45, 2.75) is 102 Å². The molecule has 0 amide bonds. The Morgan fingerprint density at radius 2 is 0.449 bits per heavy atom. The van der Waals surface area contributed by atoms with Crippen molar-refractivity contribution in [1.29, 1.82) is 0 Å². The Morgan fingerprint density at radius 3 is 0.795 bits per heavy atom. The number of benzene rings is 12. The van der Waals surface area contributed by atoms with Crippen LogP contribution in [-0.4, -0.2) is 0 Å². The van der Waals surface area contributed by atoms with Crippen LogP contribution in [-0.2, 0) is 19.3 Å². The van der Waals surface area contributed by atoms with Crippen LogP contribution in [0.5, 0.6) is 34.5 Å². The minimum absolute atomic E-state index is 0.924. The van der Waals surface area contributed by atoms with Gasteiger partial charge in [0.15, 0.2) is 0 Å². The van der Waals surface area contributed by atoms with Crippen molar-refractivity contribution in [3.05, 3.63) is 252 Å². The second-order valence-corrected chi connectivity index (χ2v) is 17.5. The molecule has 0 saturated heterocycles. The Morgan fingerprint density at radius 1 is 0.205 bits per heavy atom. The lowest BCUT2D eigenvalue weighted by atomic mass is 9.92. The summed E-state index contributed by atoms with van der Waals surface area (Å²) in [6.07, 6.45) is 2.78. The summed E-state index contributed by atoms with van der Waals surface area (Å²) >= 11 is 0. The van der Waals surface area contributed by atoms with Crippen molar-refractivity contribution in [3.63, 3.8) is 0 Å². The van der Waals surface area contributed by atoms with Gasteiger partial charge in [0.1, 0.15) is 34.5 Å². The summed E-state index contributed by atoms with van der Waals surface area (Å²) in [7, 11) is 0. The molecular formula is C75H78O3. The smallest absolute Gasteiger partial charge is 0.138 e. The third-order valence-corrected chi connectivity index (χ3v) is 13.6. The molecule has 0 bridgehead atoms. The first-order valence-corrected chi connectivity index (χ1v) is 28.8. The van der Waals surface area contributed by atoms with Gasteiger partial charge >= 0.3 is 0 Å². The Balaban J connectivity index is 0.000000155. The van der Waals surface area contributed by atoms with E-state index in [1.165, 1.54) is 98.0 Å². The van der Waals surface area contributed by atoms with Crippen molar-refractivity contribution in [2.24, 2.45) is 0 Å². The quantitative estimate of drug-likeness (QED) is 0.151. The molecule has 3 aliphatic heterocycles. The number of ether oxygens (including phenoxy) is 3. The zero-order valence-corrected chi connectivity index (χ0v) is 48.1. The minimum atomic E-state index is 0.924. The molecule has 3 nitrogen and oxygen atoms in total. The summed E-state index contributed by atoms with van der Waals surface area (Å²) in [5, 5.41) is 14.9. The SMILES string of the molecule is CC.CC.CC.CC.CC.CC.c1ccc2c3c(ccc2c1)Cc1ccc2ccccc2c1O3.c1ccc2c3c(ccc2c1)Oc1c(ccc2ccccc12)C3.c1ccc2c3c(ccc2c1)Oc1ccc2ccccc2c1C3. The molecule has 3 heterocycles. The van der Waals surface area contributed by atoms with Gasteiger partial charge in [0.05, 0.1) is 0 Å². The molecule has 0 aromatic heterocycles. The summed E-state index contributed by atoms with van der Waals surface area (Å²) < 4.78 is 18.9. The van der Waals surface area contributed by atoms with E-state index in [0.717, 1.165) is 53.8 Å². The lowest BCUT2D eigenvalue weighted by molar-refractivity contribution is 0.463. The minimum Gasteiger partial charge on any atom is -0.457 e. The Hall–Kier alpha value is -8.40. The average molecular weight is 1030 g/mol. The maximum atomic E-state index is 6.40. The van der Waals surface area contributed by atoms with Crippen LogP contribution < -0.4 is 14.2 Å². The van der Waals surface area contributed by atoms with E-state index in [2.05, 4.69) is 218 Å². The molecule has 12 aromatic rings. The third-order valence-electron chi connectivity index (χ3n) is 13.6. The van der Waals surface area contributed by atoms with Gasteiger partial charge in [-0.3, -0.25) is 0 Å². The Bertz CT molecular complexity index is 3480. The topological polar surface area (TPSA) is 27.7 Å². The molecule has 0 spiro atoms. The van der Waals surface area contributed by atoms with Crippen LogP contribution in [0, 0.1) is 0 Å². The van der Waals surface area contributed by atoms with E-state index in [1.54, 1.807) is 0 Å². The molecule has 0 atom stereocenters. The highest BCUT2D eigenvalue weighted by Crippen LogP contribution is 2.46. The van der Waals surface area contributed by atoms with Crippen LogP contribution in [0.4, 0.5) is 0 Å². The van der Waals surface area contributed by atoms with Crippen LogP contribution in [0.2, 0.25) is 0 Å². The van der Waals surface area contributed by atoms with Gasteiger partial charge in [0, 0.05) is 52.1 Å². The third kappa shape index (κ3) is 11.8. The number of hydrogen-bond acceptors (Lipinski definition) is 3. The number of hydrogen-bond donors (Lipinski definition) is 0. The monoisotopic (exact) mass is 1030 g/mol. The fourth-order valence-electron chi connectivity index (χ4n) is 10.3. The van der Waals surface area contributed by atoms with E-state index < -0.39 is 0 Å². The molecular weight excluding hydrogens is 949 g/mol. The standard InChI is InChI=1S/3C21H14O.6C2H6/c1-3-7-18-14(5-1)9-11-16-13-17-12-10-15-6-2-4-8-19(15)21(17)22-20(16)18;1-3-7-16-14(5-1)9-11-20-18(16)13-19-17-8-4-2-6-15(17)10-12-21(19)22-20;1-3-7-17-14(5-1)11-12-20-19(17)13-16-10-9-15-6-2-4-8-18(15)21(16)22-20;6*1-2/h3*1-12H,13H2;6*1-2H3. The van der Waals surface area contributed by atoms with Crippen LogP contribution >= 0.6 is 0 Å². The fraction of sp³-hybridized carbons (Fsp3) is 0.200. The molecule has 0 saturated carbocycles. The highest BCUT2D eigenvalue weighted by atomic mass is 16.5. The summed E-state index contributed by atoms with van der Waals surface area (Å²) in [6, 6.07) is 76.7. The Kier molecular flexibility index (Phi) is 20.7. The molecule has 78 heavy (non-hydrogen) atoms. The first kappa shape index (κ1) is 57.3. The molecule has 396 valence electrons.